The van der Waals surface area contributed by atoms with Gasteiger partial charge in [0.15, 0.2) is 5.92 Å². The van der Waals surface area contributed by atoms with Gasteiger partial charge in [0.05, 0.1) is 5.54 Å². The number of rotatable bonds is 6. The van der Waals surface area contributed by atoms with Crippen molar-refractivity contribution in [3.05, 3.63) is 35.6 Å². The number of carbonyl (C=O) groups excluding carboxylic acids is 2. The summed E-state index contributed by atoms with van der Waals surface area (Å²) in [5.41, 5.74) is -0.762. The van der Waals surface area contributed by atoms with Crippen molar-refractivity contribution in [2.75, 3.05) is 0 Å². The molecule has 1 heterocycles. The number of cyclic esters (lactones) is 2. The first kappa shape index (κ1) is 22.6. The predicted molar refractivity (Wildman–Crippen MR) is 104 cm³/mol. The van der Waals surface area contributed by atoms with Gasteiger partial charge in [0.25, 0.3) is 5.79 Å². The molecule has 0 radical (unpaired) electrons. The zero-order chi connectivity index (χ0) is 21.3. The van der Waals surface area contributed by atoms with Gasteiger partial charge >= 0.3 is 11.9 Å². The molecular weight excluding hydrogens is 385 g/mol. The smallest absolute Gasteiger partial charge is 0.323 e. The first-order valence-electron chi connectivity index (χ1n) is 9.16. The third kappa shape index (κ3) is 5.24. The molecule has 1 aromatic rings. The number of hydrogen-bond donors (Lipinski definition) is 1. The van der Waals surface area contributed by atoms with E-state index in [1.165, 1.54) is 19.9 Å². The van der Waals surface area contributed by atoms with Crippen LogP contribution in [0.4, 0.5) is 4.39 Å². The fourth-order valence-electron chi connectivity index (χ4n) is 2.92. The summed E-state index contributed by atoms with van der Waals surface area (Å²) in [6, 6.07) is 6.17. The zero-order valence-electron chi connectivity index (χ0n) is 17.1. The summed E-state index contributed by atoms with van der Waals surface area (Å²) in [5, 5.41) is 0. The molecule has 156 valence electrons. The summed E-state index contributed by atoms with van der Waals surface area (Å²) in [5.74, 6) is -4.21. The molecule has 1 aromatic carbocycles. The minimum atomic E-state index is -1.50. The number of esters is 2. The number of benzene rings is 1. The minimum absolute atomic E-state index is 0.0624. The summed E-state index contributed by atoms with van der Waals surface area (Å²) in [7, 11) is 0. The monoisotopic (exact) mass is 413 g/mol. The van der Waals surface area contributed by atoms with E-state index in [1.807, 2.05) is 0 Å². The van der Waals surface area contributed by atoms with E-state index in [4.69, 9.17) is 9.47 Å². The largest absolute Gasteiger partial charge is 0.598 e. The van der Waals surface area contributed by atoms with Crippen LogP contribution in [0.1, 0.15) is 59.9 Å². The molecule has 6 nitrogen and oxygen atoms in total. The molecule has 0 spiro atoms. The van der Waals surface area contributed by atoms with E-state index in [0.29, 0.717) is 5.56 Å². The Hall–Kier alpha value is -1.64. The first-order valence-corrected chi connectivity index (χ1v) is 10.3. The van der Waals surface area contributed by atoms with Crippen LogP contribution >= 0.6 is 0 Å². The molecule has 0 amide bonds. The standard InChI is InChI=1S/C20H28FNO5S/c1-18(2,3)28(25)22-20(6,14-9-7-8-10-15(14)21)12-11-13-16(23)26-19(4,5)27-17(13)24/h7-10,13,22H,11-12H2,1-6H3/t20?,28-/m1/s1. The lowest BCUT2D eigenvalue weighted by Crippen LogP contribution is -2.51. The molecule has 0 aromatic heterocycles. The maximum atomic E-state index is 14.5. The van der Waals surface area contributed by atoms with E-state index in [-0.39, 0.29) is 12.8 Å². The number of carbonyl (C=O) groups is 2. The molecule has 1 N–H and O–H groups in total. The van der Waals surface area contributed by atoms with Crippen LogP contribution in [0.25, 0.3) is 0 Å². The van der Waals surface area contributed by atoms with Gasteiger partial charge in [0.2, 0.25) is 0 Å². The lowest BCUT2D eigenvalue weighted by molar-refractivity contribution is -0.240. The van der Waals surface area contributed by atoms with E-state index in [1.54, 1.807) is 45.9 Å². The highest BCUT2D eigenvalue weighted by molar-refractivity contribution is 7.90. The molecule has 1 aliphatic heterocycles. The lowest BCUT2D eigenvalue weighted by Gasteiger charge is -2.37. The Morgan fingerprint density at radius 2 is 1.68 bits per heavy atom. The van der Waals surface area contributed by atoms with Crippen LogP contribution in [0, 0.1) is 11.7 Å². The third-order valence-electron chi connectivity index (χ3n) is 4.54. The Balaban J connectivity index is 2.27. The van der Waals surface area contributed by atoms with Crippen molar-refractivity contribution in [2.24, 2.45) is 5.92 Å². The van der Waals surface area contributed by atoms with E-state index >= 15 is 0 Å². The second kappa shape index (κ2) is 8.00. The Kier molecular flexibility index (Phi) is 6.47. The van der Waals surface area contributed by atoms with E-state index in [2.05, 4.69) is 4.72 Å². The summed E-state index contributed by atoms with van der Waals surface area (Å²) < 4.78 is 40.0. The van der Waals surface area contributed by atoms with E-state index in [0.717, 1.165) is 0 Å². The zero-order valence-corrected chi connectivity index (χ0v) is 17.9. The van der Waals surface area contributed by atoms with Crippen molar-refractivity contribution in [2.45, 2.75) is 70.5 Å². The van der Waals surface area contributed by atoms with Crippen LogP contribution in [-0.2, 0) is 36.0 Å². The first-order chi connectivity index (χ1) is 12.8. The van der Waals surface area contributed by atoms with Gasteiger partial charge < -0.3 is 14.0 Å². The average Bonchev–Trinajstić information content (AvgIpc) is 2.52. The van der Waals surface area contributed by atoms with Gasteiger partial charge in [0.1, 0.15) is 10.6 Å². The van der Waals surface area contributed by atoms with E-state index < -0.39 is 51.1 Å². The van der Waals surface area contributed by atoms with E-state index in [9.17, 15) is 18.5 Å². The van der Waals surface area contributed by atoms with Crippen molar-refractivity contribution in [3.8, 4) is 0 Å². The summed E-state index contributed by atoms with van der Waals surface area (Å²) in [6.45, 7) is 10.1. The van der Waals surface area contributed by atoms with Crippen LogP contribution in [0.5, 0.6) is 0 Å². The Morgan fingerprint density at radius 3 is 2.18 bits per heavy atom. The summed E-state index contributed by atoms with van der Waals surface area (Å²) in [4.78, 5) is 24.5. The van der Waals surface area contributed by atoms with Gasteiger partial charge in [0, 0.05) is 30.8 Å². The van der Waals surface area contributed by atoms with Crippen LogP contribution in [0.2, 0.25) is 0 Å². The van der Waals surface area contributed by atoms with Crippen molar-refractivity contribution < 1.29 is 28.0 Å². The van der Waals surface area contributed by atoms with Gasteiger partial charge in [-0.05, 0) is 46.6 Å². The van der Waals surface area contributed by atoms with Gasteiger partial charge in [-0.3, -0.25) is 9.59 Å². The van der Waals surface area contributed by atoms with Gasteiger partial charge in [-0.2, -0.15) is 0 Å². The second-order valence-electron chi connectivity index (χ2n) is 8.63. The normalized spacial score (nSPS) is 20.9. The molecular formula is C20H28FNO5S. The highest BCUT2D eigenvalue weighted by atomic mass is 32.2. The predicted octanol–water partition coefficient (Wildman–Crippen LogP) is 3.33. The Bertz CT molecular complexity index is 728. The molecule has 1 saturated heterocycles. The van der Waals surface area contributed by atoms with Crippen molar-refractivity contribution in [1.29, 1.82) is 0 Å². The Labute approximate surface area is 168 Å². The van der Waals surface area contributed by atoms with Crippen molar-refractivity contribution >= 4 is 23.3 Å². The van der Waals surface area contributed by atoms with Crippen molar-refractivity contribution in [1.82, 2.24) is 4.72 Å². The molecule has 2 rings (SSSR count). The molecule has 0 bridgehead atoms. The maximum Gasteiger partial charge on any atom is 0.323 e. The maximum absolute atomic E-state index is 14.5. The van der Waals surface area contributed by atoms with Crippen LogP contribution < -0.4 is 4.72 Å². The number of ether oxygens (including phenoxy) is 2. The molecule has 8 heteroatoms. The molecule has 0 aliphatic carbocycles. The number of halogens is 1. The fourth-order valence-corrected chi connectivity index (χ4v) is 3.85. The SMILES string of the molecule is CC1(C)OC(=O)C(CCC(C)(N[S@+]([O-])C(C)(C)C)c2ccccc2F)C(=O)O1. The molecule has 1 aliphatic rings. The van der Waals surface area contributed by atoms with Gasteiger partial charge in [-0.15, -0.1) is 4.72 Å². The van der Waals surface area contributed by atoms with Crippen LogP contribution in [0.15, 0.2) is 24.3 Å². The summed E-state index contributed by atoms with van der Waals surface area (Å²) >= 11 is -1.50. The highest BCUT2D eigenvalue weighted by Crippen LogP contribution is 2.34. The summed E-state index contributed by atoms with van der Waals surface area (Å²) in [6.07, 6.45) is 0.234. The molecule has 2 atom stereocenters. The highest BCUT2D eigenvalue weighted by Gasteiger charge is 2.45. The average molecular weight is 414 g/mol. The number of nitrogens with one attached hydrogen (secondary N) is 1. The molecule has 1 unspecified atom stereocenters. The number of hydrogen-bond acceptors (Lipinski definition) is 6. The van der Waals surface area contributed by atoms with Crippen molar-refractivity contribution in [3.63, 3.8) is 0 Å². The van der Waals surface area contributed by atoms with Gasteiger partial charge in [-0.1, -0.05) is 18.2 Å². The quantitative estimate of drug-likeness (QED) is 0.437. The Morgan fingerprint density at radius 1 is 1.14 bits per heavy atom. The fraction of sp³-hybridized carbons (Fsp3) is 0.600. The lowest BCUT2D eigenvalue weighted by atomic mass is 9.85. The third-order valence-corrected chi connectivity index (χ3v) is 6.29. The minimum Gasteiger partial charge on any atom is -0.598 e. The topological polar surface area (TPSA) is 87.7 Å². The second-order valence-corrected chi connectivity index (χ2v) is 10.6. The molecule has 0 saturated carbocycles. The molecule has 1 fully saturated rings. The molecule has 28 heavy (non-hydrogen) atoms. The van der Waals surface area contributed by atoms with Crippen LogP contribution in [0.3, 0.4) is 0 Å². The van der Waals surface area contributed by atoms with Gasteiger partial charge in [-0.25, -0.2) is 4.39 Å². The van der Waals surface area contributed by atoms with Crippen LogP contribution in [-0.4, -0.2) is 27.0 Å².